The molecule has 1 heterocycles. The second-order valence-corrected chi connectivity index (χ2v) is 4.24. The highest BCUT2D eigenvalue weighted by Crippen LogP contribution is 2.19. The predicted octanol–water partition coefficient (Wildman–Crippen LogP) is 3.17. The molecule has 0 unspecified atom stereocenters. The first-order chi connectivity index (χ1) is 7.76. The molecule has 16 heavy (non-hydrogen) atoms. The Bertz CT molecular complexity index is 474. The highest BCUT2D eigenvalue weighted by atomic mass is 79.9. The first-order valence-electron chi connectivity index (χ1n) is 5.31. The second kappa shape index (κ2) is 4.78. The Morgan fingerprint density at radius 1 is 1.19 bits per heavy atom. The molecule has 4 heteroatoms. The minimum Gasteiger partial charge on any atom is -0.311 e. The third-order valence-electron chi connectivity index (χ3n) is 2.57. The van der Waals surface area contributed by atoms with Crippen molar-refractivity contribution in [3.8, 4) is 11.4 Å². The van der Waals surface area contributed by atoms with Crippen LogP contribution in [-0.2, 0) is 11.9 Å². The summed E-state index contributed by atoms with van der Waals surface area (Å²) in [5.41, 5.74) is 2.37. The smallest absolute Gasteiger partial charge is 0.163 e. The molecule has 0 amide bonds. The zero-order chi connectivity index (χ0) is 11.5. The first kappa shape index (κ1) is 11.3. The zero-order valence-corrected chi connectivity index (χ0v) is 11.0. The summed E-state index contributed by atoms with van der Waals surface area (Å²) in [6.45, 7) is 5.07. The summed E-state index contributed by atoms with van der Waals surface area (Å²) in [4.78, 5) is 0. The lowest BCUT2D eigenvalue weighted by Gasteiger charge is -2.06. The molecule has 0 aliphatic carbocycles. The van der Waals surface area contributed by atoms with Gasteiger partial charge in [-0.2, -0.15) is 0 Å². The number of halogens is 1. The van der Waals surface area contributed by atoms with Gasteiger partial charge in [0.05, 0.1) is 5.33 Å². The van der Waals surface area contributed by atoms with Crippen molar-refractivity contribution in [3.05, 3.63) is 35.7 Å². The number of rotatable bonds is 3. The molecule has 2 rings (SSSR count). The summed E-state index contributed by atoms with van der Waals surface area (Å²) >= 11 is 3.42. The van der Waals surface area contributed by atoms with Crippen LogP contribution in [0.25, 0.3) is 11.4 Å². The van der Waals surface area contributed by atoms with E-state index in [0.717, 1.165) is 29.1 Å². The van der Waals surface area contributed by atoms with E-state index in [1.54, 1.807) is 0 Å². The van der Waals surface area contributed by atoms with E-state index in [2.05, 4.69) is 68.8 Å². The molecule has 0 saturated heterocycles. The Balaban J connectivity index is 2.47. The Labute approximate surface area is 104 Å². The lowest BCUT2D eigenvalue weighted by molar-refractivity contribution is 0.733. The number of alkyl halides is 1. The van der Waals surface area contributed by atoms with E-state index in [1.165, 1.54) is 5.56 Å². The summed E-state index contributed by atoms with van der Waals surface area (Å²) in [6, 6.07) is 8.36. The van der Waals surface area contributed by atoms with Crippen molar-refractivity contribution >= 4 is 15.9 Å². The van der Waals surface area contributed by atoms with Crippen molar-refractivity contribution in [2.24, 2.45) is 0 Å². The fourth-order valence-corrected chi connectivity index (χ4v) is 2.10. The molecule has 1 aromatic heterocycles. The molecule has 0 fully saturated rings. The van der Waals surface area contributed by atoms with Gasteiger partial charge in [-0.3, -0.25) is 0 Å². The van der Waals surface area contributed by atoms with Crippen molar-refractivity contribution in [1.82, 2.24) is 14.8 Å². The largest absolute Gasteiger partial charge is 0.311 e. The van der Waals surface area contributed by atoms with Gasteiger partial charge in [0, 0.05) is 12.1 Å². The van der Waals surface area contributed by atoms with E-state index in [4.69, 9.17) is 0 Å². The highest BCUT2D eigenvalue weighted by molar-refractivity contribution is 9.08. The number of nitrogens with zero attached hydrogens (tertiary/aromatic N) is 3. The average Bonchev–Trinajstić information content (AvgIpc) is 2.72. The Morgan fingerprint density at radius 2 is 1.88 bits per heavy atom. The molecule has 0 aliphatic heterocycles. The van der Waals surface area contributed by atoms with E-state index in [9.17, 15) is 0 Å². The van der Waals surface area contributed by atoms with Gasteiger partial charge in [0.1, 0.15) is 5.82 Å². The van der Waals surface area contributed by atoms with Gasteiger partial charge in [0.15, 0.2) is 5.82 Å². The summed E-state index contributed by atoms with van der Waals surface area (Å²) in [5, 5.41) is 9.15. The highest BCUT2D eigenvalue weighted by Gasteiger charge is 2.10. The number of hydrogen-bond acceptors (Lipinski definition) is 2. The summed E-state index contributed by atoms with van der Waals surface area (Å²) in [7, 11) is 0. The fraction of sp³-hybridized carbons (Fsp3) is 0.333. The monoisotopic (exact) mass is 279 g/mol. The quantitative estimate of drug-likeness (QED) is 0.808. The predicted molar refractivity (Wildman–Crippen MR) is 68.5 cm³/mol. The zero-order valence-electron chi connectivity index (χ0n) is 9.44. The Kier molecular flexibility index (Phi) is 3.39. The van der Waals surface area contributed by atoms with Crippen LogP contribution in [0.2, 0.25) is 0 Å². The fourth-order valence-electron chi connectivity index (χ4n) is 1.68. The molecule has 0 radical (unpaired) electrons. The van der Waals surface area contributed by atoms with E-state index in [1.807, 2.05) is 0 Å². The van der Waals surface area contributed by atoms with Crippen molar-refractivity contribution in [3.63, 3.8) is 0 Å². The standard InChI is InChI=1S/C12H14BrN3/c1-3-16-11(8-13)14-15-12(16)10-6-4-9(2)5-7-10/h4-7H,3,8H2,1-2H3. The molecular formula is C12H14BrN3. The maximum Gasteiger partial charge on any atom is 0.163 e. The molecule has 0 N–H and O–H groups in total. The van der Waals surface area contributed by atoms with Crippen LogP contribution in [0.3, 0.4) is 0 Å². The van der Waals surface area contributed by atoms with Gasteiger partial charge in [-0.05, 0) is 13.8 Å². The summed E-state index contributed by atoms with van der Waals surface area (Å²) in [6.07, 6.45) is 0. The lowest BCUT2D eigenvalue weighted by Crippen LogP contribution is -2.01. The van der Waals surface area contributed by atoms with Crippen molar-refractivity contribution in [2.45, 2.75) is 25.7 Å². The number of aryl methyl sites for hydroxylation is 1. The van der Waals surface area contributed by atoms with Gasteiger partial charge < -0.3 is 4.57 Å². The van der Waals surface area contributed by atoms with Crippen LogP contribution >= 0.6 is 15.9 Å². The number of hydrogen-bond donors (Lipinski definition) is 0. The average molecular weight is 280 g/mol. The molecule has 0 atom stereocenters. The van der Waals surface area contributed by atoms with Gasteiger partial charge in [-0.1, -0.05) is 45.8 Å². The molecular weight excluding hydrogens is 266 g/mol. The molecule has 0 bridgehead atoms. The van der Waals surface area contributed by atoms with Gasteiger partial charge >= 0.3 is 0 Å². The van der Waals surface area contributed by atoms with E-state index in [0.29, 0.717) is 0 Å². The minimum atomic E-state index is 0.736. The normalized spacial score (nSPS) is 10.7. The lowest BCUT2D eigenvalue weighted by atomic mass is 10.1. The van der Waals surface area contributed by atoms with E-state index in [-0.39, 0.29) is 0 Å². The maximum atomic E-state index is 4.24. The molecule has 0 saturated carbocycles. The van der Waals surface area contributed by atoms with Crippen molar-refractivity contribution < 1.29 is 0 Å². The second-order valence-electron chi connectivity index (χ2n) is 3.68. The molecule has 0 aliphatic rings. The van der Waals surface area contributed by atoms with Crippen molar-refractivity contribution in [1.29, 1.82) is 0 Å². The SMILES string of the molecule is CCn1c(CBr)nnc1-c1ccc(C)cc1. The van der Waals surface area contributed by atoms with Crippen LogP contribution in [0.1, 0.15) is 18.3 Å². The van der Waals surface area contributed by atoms with Gasteiger partial charge in [-0.15, -0.1) is 10.2 Å². The van der Waals surface area contributed by atoms with Crippen LogP contribution in [0.15, 0.2) is 24.3 Å². The summed E-state index contributed by atoms with van der Waals surface area (Å²) < 4.78 is 2.12. The minimum absolute atomic E-state index is 0.736. The first-order valence-corrected chi connectivity index (χ1v) is 6.43. The Hall–Kier alpha value is -1.16. The van der Waals surface area contributed by atoms with Crippen LogP contribution in [0, 0.1) is 6.92 Å². The molecule has 1 aromatic carbocycles. The van der Waals surface area contributed by atoms with Gasteiger partial charge in [0.2, 0.25) is 0 Å². The van der Waals surface area contributed by atoms with Crippen LogP contribution < -0.4 is 0 Å². The number of aromatic nitrogens is 3. The topological polar surface area (TPSA) is 30.7 Å². The van der Waals surface area contributed by atoms with E-state index < -0.39 is 0 Å². The molecule has 2 aromatic rings. The molecule has 0 spiro atoms. The van der Waals surface area contributed by atoms with Crippen LogP contribution in [-0.4, -0.2) is 14.8 Å². The van der Waals surface area contributed by atoms with Crippen LogP contribution in [0.4, 0.5) is 0 Å². The maximum absolute atomic E-state index is 4.24. The van der Waals surface area contributed by atoms with E-state index >= 15 is 0 Å². The molecule has 84 valence electrons. The summed E-state index contributed by atoms with van der Waals surface area (Å²) in [5.74, 6) is 1.91. The van der Waals surface area contributed by atoms with Crippen LogP contribution in [0.5, 0.6) is 0 Å². The third kappa shape index (κ3) is 2.02. The van der Waals surface area contributed by atoms with Crippen molar-refractivity contribution in [2.75, 3.05) is 0 Å². The van der Waals surface area contributed by atoms with Gasteiger partial charge in [-0.25, -0.2) is 0 Å². The van der Waals surface area contributed by atoms with Gasteiger partial charge in [0.25, 0.3) is 0 Å². The third-order valence-corrected chi connectivity index (χ3v) is 3.07. The Morgan fingerprint density at radius 3 is 2.44 bits per heavy atom. The number of benzene rings is 1. The molecule has 3 nitrogen and oxygen atoms in total.